The van der Waals surface area contributed by atoms with Gasteiger partial charge in [0, 0.05) is 30.9 Å². The lowest BCUT2D eigenvalue weighted by atomic mass is 9.85. The second-order valence-electron chi connectivity index (χ2n) is 7.34. The molecule has 3 rings (SSSR count). The molecule has 0 atom stereocenters. The standard InChI is InChI=1S/C17H26N4O3/c1-11(2)21-6-5-15(19-21)17(24)18-13-7-14(8-13)20(10-16(22)23)9-12-3-4-12/h5-6,11-14H,3-4,7-10H2,1-2H3,(H,18,24)(H,22,23). The first kappa shape index (κ1) is 17.0. The molecule has 1 aromatic heterocycles. The van der Waals surface area contributed by atoms with Gasteiger partial charge in [-0.05, 0) is 51.5 Å². The number of carboxylic acids is 1. The van der Waals surface area contributed by atoms with Crippen LogP contribution in [0, 0.1) is 5.92 Å². The van der Waals surface area contributed by atoms with Gasteiger partial charge in [-0.15, -0.1) is 0 Å². The number of rotatable bonds is 8. The smallest absolute Gasteiger partial charge is 0.317 e. The number of hydrogen-bond acceptors (Lipinski definition) is 4. The molecule has 132 valence electrons. The predicted molar refractivity (Wildman–Crippen MR) is 88.8 cm³/mol. The summed E-state index contributed by atoms with van der Waals surface area (Å²) in [5, 5.41) is 16.4. The van der Waals surface area contributed by atoms with E-state index in [0.717, 1.165) is 19.4 Å². The highest BCUT2D eigenvalue weighted by Crippen LogP contribution is 2.33. The van der Waals surface area contributed by atoms with E-state index >= 15 is 0 Å². The van der Waals surface area contributed by atoms with E-state index in [1.165, 1.54) is 12.8 Å². The molecule has 0 spiro atoms. The van der Waals surface area contributed by atoms with E-state index in [1.54, 1.807) is 10.7 Å². The van der Waals surface area contributed by atoms with Crippen LogP contribution in [-0.2, 0) is 4.79 Å². The molecule has 1 amide bonds. The van der Waals surface area contributed by atoms with Crippen LogP contribution in [-0.4, -0.2) is 56.8 Å². The van der Waals surface area contributed by atoms with Crippen molar-refractivity contribution in [3.63, 3.8) is 0 Å². The van der Waals surface area contributed by atoms with Crippen molar-refractivity contribution in [3.05, 3.63) is 18.0 Å². The summed E-state index contributed by atoms with van der Waals surface area (Å²) in [6, 6.07) is 2.34. The normalized spacial score (nSPS) is 23.3. The molecule has 2 N–H and O–H groups in total. The Kier molecular flexibility index (Phi) is 4.89. The topological polar surface area (TPSA) is 87.5 Å². The molecule has 1 heterocycles. The van der Waals surface area contributed by atoms with Crippen LogP contribution in [0.5, 0.6) is 0 Å². The average Bonchev–Trinajstić information content (AvgIpc) is 3.13. The van der Waals surface area contributed by atoms with Crippen LogP contribution in [0.2, 0.25) is 0 Å². The summed E-state index contributed by atoms with van der Waals surface area (Å²) in [5.74, 6) is -0.259. The van der Waals surface area contributed by atoms with Gasteiger partial charge < -0.3 is 10.4 Å². The molecular formula is C17H26N4O3. The molecule has 0 saturated heterocycles. The van der Waals surface area contributed by atoms with Crippen molar-refractivity contribution < 1.29 is 14.7 Å². The molecule has 24 heavy (non-hydrogen) atoms. The lowest BCUT2D eigenvalue weighted by Crippen LogP contribution is -2.55. The lowest BCUT2D eigenvalue weighted by molar-refractivity contribution is -0.139. The van der Waals surface area contributed by atoms with Gasteiger partial charge in [-0.2, -0.15) is 5.10 Å². The van der Waals surface area contributed by atoms with E-state index in [2.05, 4.69) is 15.3 Å². The van der Waals surface area contributed by atoms with Gasteiger partial charge in [-0.25, -0.2) is 0 Å². The zero-order valence-corrected chi connectivity index (χ0v) is 14.3. The van der Waals surface area contributed by atoms with E-state index < -0.39 is 5.97 Å². The van der Waals surface area contributed by atoms with Crippen molar-refractivity contribution in [2.45, 2.75) is 57.7 Å². The highest BCUT2D eigenvalue weighted by molar-refractivity contribution is 5.92. The van der Waals surface area contributed by atoms with Gasteiger partial charge in [0.25, 0.3) is 5.91 Å². The van der Waals surface area contributed by atoms with E-state index in [9.17, 15) is 9.59 Å². The third kappa shape index (κ3) is 4.14. The maximum absolute atomic E-state index is 12.2. The fourth-order valence-electron chi connectivity index (χ4n) is 3.16. The number of nitrogens with one attached hydrogen (secondary N) is 1. The summed E-state index contributed by atoms with van der Waals surface area (Å²) in [4.78, 5) is 25.3. The van der Waals surface area contributed by atoms with E-state index in [0.29, 0.717) is 11.6 Å². The Labute approximate surface area is 142 Å². The monoisotopic (exact) mass is 334 g/mol. The summed E-state index contributed by atoms with van der Waals surface area (Å²) >= 11 is 0. The lowest BCUT2D eigenvalue weighted by Gasteiger charge is -2.42. The average molecular weight is 334 g/mol. The van der Waals surface area contributed by atoms with Gasteiger partial charge in [0.05, 0.1) is 6.54 Å². The Balaban J connectivity index is 1.47. The molecule has 2 aliphatic rings. The van der Waals surface area contributed by atoms with E-state index in [-0.39, 0.29) is 30.6 Å². The summed E-state index contributed by atoms with van der Waals surface area (Å²) in [6.07, 6.45) is 5.86. The summed E-state index contributed by atoms with van der Waals surface area (Å²) in [5.41, 5.74) is 0.438. The van der Waals surface area contributed by atoms with E-state index in [4.69, 9.17) is 5.11 Å². The molecular weight excluding hydrogens is 308 g/mol. The first-order chi connectivity index (χ1) is 11.4. The largest absolute Gasteiger partial charge is 0.480 e. The molecule has 0 bridgehead atoms. The molecule has 0 radical (unpaired) electrons. The van der Waals surface area contributed by atoms with Gasteiger partial charge in [0.1, 0.15) is 5.69 Å². The maximum atomic E-state index is 12.2. The number of carboxylic acid groups (broad SMARTS) is 1. The zero-order chi connectivity index (χ0) is 17.3. The minimum Gasteiger partial charge on any atom is -0.480 e. The number of hydrogen-bond donors (Lipinski definition) is 2. The zero-order valence-electron chi connectivity index (χ0n) is 14.3. The quantitative estimate of drug-likeness (QED) is 0.753. The minimum absolute atomic E-state index is 0.0978. The second kappa shape index (κ2) is 6.93. The van der Waals surface area contributed by atoms with Crippen LogP contribution >= 0.6 is 0 Å². The summed E-state index contributed by atoms with van der Waals surface area (Å²) < 4.78 is 1.77. The molecule has 7 nitrogen and oxygen atoms in total. The van der Waals surface area contributed by atoms with Crippen LogP contribution in [0.15, 0.2) is 12.3 Å². The van der Waals surface area contributed by atoms with Crippen molar-refractivity contribution in [3.8, 4) is 0 Å². The van der Waals surface area contributed by atoms with Crippen LogP contribution in [0.3, 0.4) is 0 Å². The fraction of sp³-hybridized carbons (Fsp3) is 0.706. The molecule has 0 aromatic carbocycles. The number of aliphatic carboxylic acids is 1. The van der Waals surface area contributed by atoms with Crippen LogP contribution in [0.4, 0.5) is 0 Å². The Hall–Kier alpha value is -1.89. The van der Waals surface area contributed by atoms with Crippen LogP contribution < -0.4 is 5.32 Å². The number of aromatic nitrogens is 2. The van der Waals surface area contributed by atoms with Crippen LogP contribution in [0.25, 0.3) is 0 Å². The van der Waals surface area contributed by atoms with Gasteiger partial charge in [0.15, 0.2) is 0 Å². The van der Waals surface area contributed by atoms with E-state index in [1.807, 2.05) is 20.0 Å². The highest BCUT2D eigenvalue weighted by Gasteiger charge is 2.37. The molecule has 7 heteroatoms. The van der Waals surface area contributed by atoms with Crippen molar-refractivity contribution in [1.29, 1.82) is 0 Å². The minimum atomic E-state index is -0.776. The van der Waals surface area contributed by atoms with Crippen molar-refractivity contribution in [2.24, 2.45) is 5.92 Å². The van der Waals surface area contributed by atoms with Gasteiger partial charge in [-0.3, -0.25) is 19.2 Å². The molecule has 2 fully saturated rings. The molecule has 2 aliphatic carbocycles. The Morgan fingerprint density at radius 2 is 2.12 bits per heavy atom. The van der Waals surface area contributed by atoms with Crippen molar-refractivity contribution in [1.82, 2.24) is 20.0 Å². The predicted octanol–water partition coefficient (Wildman–Crippen LogP) is 1.52. The Bertz CT molecular complexity index is 603. The molecule has 2 saturated carbocycles. The third-order valence-corrected chi connectivity index (χ3v) is 4.86. The second-order valence-corrected chi connectivity index (χ2v) is 7.34. The van der Waals surface area contributed by atoms with Crippen molar-refractivity contribution in [2.75, 3.05) is 13.1 Å². The number of carbonyl (C=O) groups is 2. The van der Waals surface area contributed by atoms with Gasteiger partial charge in [0.2, 0.25) is 0 Å². The van der Waals surface area contributed by atoms with Gasteiger partial charge in [-0.1, -0.05) is 0 Å². The first-order valence-corrected chi connectivity index (χ1v) is 8.74. The molecule has 0 unspecified atom stereocenters. The summed E-state index contributed by atoms with van der Waals surface area (Å²) in [7, 11) is 0. The third-order valence-electron chi connectivity index (χ3n) is 4.86. The number of carbonyl (C=O) groups excluding carboxylic acids is 1. The number of amides is 1. The van der Waals surface area contributed by atoms with Crippen molar-refractivity contribution >= 4 is 11.9 Å². The first-order valence-electron chi connectivity index (χ1n) is 8.74. The SMILES string of the molecule is CC(C)n1ccc(C(=O)NC2CC(N(CC(=O)O)CC3CC3)C2)n1. The fourth-order valence-corrected chi connectivity index (χ4v) is 3.16. The maximum Gasteiger partial charge on any atom is 0.317 e. The van der Waals surface area contributed by atoms with Crippen LogP contribution in [0.1, 0.15) is 56.1 Å². The number of nitrogens with zero attached hydrogens (tertiary/aromatic N) is 3. The molecule has 1 aromatic rings. The Morgan fingerprint density at radius 1 is 1.42 bits per heavy atom. The highest BCUT2D eigenvalue weighted by atomic mass is 16.4. The van der Waals surface area contributed by atoms with Gasteiger partial charge >= 0.3 is 5.97 Å². The molecule has 0 aliphatic heterocycles. The summed E-state index contributed by atoms with van der Waals surface area (Å²) in [6.45, 7) is 5.00. The Morgan fingerprint density at radius 3 is 2.67 bits per heavy atom.